The van der Waals surface area contributed by atoms with Gasteiger partial charge >= 0.3 is 0 Å². The van der Waals surface area contributed by atoms with Crippen molar-refractivity contribution in [3.05, 3.63) is 115 Å². The number of aldehydes is 2. The van der Waals surface area contributed by atoms with Gasteiger partial charge in [0.1, 0.15) is 18.0 Å². The lowest BCUT2D eigenvalue weighted by molar-refractivity contribution is 0.111. The Morgan fingerprint density at radius 2 is 1.00 bits per heavy atom. The van der Waals surface area contributed by atoms with Crippen LogP contribution in [0.3, 0.4) is 0 Å². The Balaban J connectivity index is 1.38. The van der Waals surface area contributed by atoms with Gasteiger partial charge in [-0.3, -0.25) is 14.6 Å². The third-order valence-corrected chi connectivity index (χ3v) is 7.00. The van der Waals surface area contributed by atoms with E-state index in [4.69, 9.17) is 11.5 Å². The first-order chi connectivity index (χ1) is 20.6. The number of anilines is 6. The Morgan fingerprint density at radius 1 is 0.571 bits per heavy atom. The molecule has 204 valence electrons. The summed E-state index contributed by atoms with van der Waals surface area (Å²) in [6.07, 6.45) is 6.28. The summed E-state index contributed by atoms with van der Waals surface area (Å²) >= 11 is 0. The van der Waals surface area contributed by atoms with Crippen molar-refractivity contribution < 1.29 is 9.59 Å². The van der Waals surface area contributed by atoms with Crippen LogP contribution in [0, 0.1) is 0 Å². The van der Waals surface area contributed by atoms with Crippen LogP contribution in [0.4, 0.5) is 34.4 Å². The average molecular weight is 552 g/mol. The van der Waals surface area contributed by atoms with Crippen molar-refractivity contribution in [1.29, 1.82) is 0 Å². The second-order valence-electron chi connectivity index (χ2n) is 9.51. The van der Waals surface area contributed by atoms with Crippen LogP contribution in [0.2, 0.25) is 0 Å². The number of aromatic nitrogens is 3. The van der Waals surface area contributed by atoms with E-state index in [2.05, 4.69) is 25.6 Å². The zero-order chi connectivity index (χ0) is 29.1. The number of carbonyl (C=O) groups is 2. The third-order valence-electron chi connectivity index (χ3n) is 7.00. The van der Waals surface area contributed by atoms with Crippen molar-refractivity contribution in [2.24, 2.45) is 0 Å². The average Bonchev–Trinajstić information content (AvgIpc) is 3.46. The van der Waals surface area contributed by atoms with Crippen LogP contribution < -0.4 is 22.1 Å². The van der Waals surface area contributed by atoms with E-state index < -0.39 is 0 Å². The van der Waals surface area contributed by atoms with Crippen molar-refractivity contribution in [3.63, 3.8) is 0 Å². The second-order valence-corrected chi connectivity index (χ2v) is 9.51. The molecule has 0 fully saturated rings. The molecule has 2 aliphatic rings. The van der Waals surface area contributed by atoms with E-state index in [-0.39, 0.29) is 0 Å². The van der Waals surface area contributed by atoms with Gasteiger partial charge in [-0.25, -0.2) is 9.97 Å². The Bertz CT molecular complexity index is 1760. The van der Waals surface area contributed by atoms with Gasteiger partial charge in [0.15, 0.2) is 12.6 Å². The van der Waals surface area contributed by atoms with Gasteiger partial charge in [-0.1, -0.05) is 60.7 Å². The molecule has 6 N–H and O–H groups in total. The van der Waals surface area contributed by atoms with Gasteiger partial charge in [0.2, 0.25) is 0 Å². The molecular formula is C33H25N7O2. The van der Waals surface area contributed by atoms with Gasteiger partial charge in [0.05, 0.1) is 11.4 Å². The van der Waals surface area contributed by atoms with Crippen LogP contribution in [-0.2, 0) is 0 Å². The first-order valence-corrected chi connectivity index (χ1v) is 13.1. The van der Waals surface area contributed by atoms with E-state index >= 15 is 0 Å². The number of nitrogen functional groups attached to an aromatic ring is 2. The fourth-order valence-corrected chi connectivity index (χ4v) is 5.03. The fraction of sp³-hybridized carbons (Fsp3) is 0. The molecule has 0 aromatic heterocycles. The normalized spacial score (nSPS) is 10.8. The maximum Gasteiger partial charge on any atom is 0.152 e. The number of fused-ring (bicyclic) bond motifs is 1. The molecule has 9 nitrogen and oxygen atoms in total. The molecule has 0 aliphatic carbocycles. The molecule has 0 radical (unpaired) electrons. The minimum absolute atomic E-state index is 0.402. The van der Waals surface area contributed by atoms with Crippen molar-refractivity contribution >= 4 is 47.0 Å². The van der Waals surface area contributed by atoms with Crippen molar-refractivity contribution in [2.75, 3.05) is 22.1 Å². The molecule has 0 atom stereocenters. The molecule has 9 heteroatoms. The molecular weight excluding hydrogens is 526 g/mol. The number of carbonyl (C=O) groups excluding carboxylic acids is 2. The largest absolute Gasteiger partial charge is 0.398 e. The lowest BCUT2D eigenvalue weighted by Crippen LogP contribution is -2.03. The summed E-state index contributed by atoms with van der Waals surface area (Å²) in [5.74, 6) is 0.876. The van der Waals surface area contributed by atoms with E-state index in [1.54, 1.807) is 36.7 Å². The summed E-state index contributed by atoms with van der Waals surface area (Å²) < 4.78 is 0. The molecule has 0 spiro atoms. The van der Waals surface area contributed by atoms with Crippen LogP contribution >= 0.6 is 0 Å². The van der Waals surface area contributed by atoms with E-state index in [1.165, 1.54) is 6.33 Å². The zero-order valence-corrected chi connectivity index (χ0v) is 22.3. The Labute approximate surface area is 241 Å². The highest BCUT2D eigenvalue weighted by Gasteiger charge is 2.20. The second kappa shape index (κ2) is 11.2. The van der Waals surface area contributed by atoms with Crippen LogP contribution in [0.5, 0.6) is 0 Å². The molecule has 0 saturated heterocycles. The van der Waals surface area contributed by atoms with Gasteiger partial charge in [-0.15, -0.1) is 0 Å². The molecule has 2 aliphatic heterocycles. The summed E-state index contributed by atoms with van der Waals surface area (Å²) in [5, 5.41) is 6.57. The highest BCUT2D eigenvalue weighted by molar-refractivity contribution is 6.02. The summed E-state index contributed by atoms with van der Waals surface area (Å²) in [5.41, 5.74) is 19.6. The van der Waals surface area contributed by atoms with Crippen LogP contribution in [-0.4, -0.2) is 27.5 Å². The SMILES string of the molecule is Nc1ccc(Nc2ncnc(Nc3ccc(N)c(-c4ccccc4)c3C=O)c3cncc2-3)c(C=O)c1-c1ccccc1. The van der Waals surface area contributed by atoms with Gasteiger partial charge in [-0.05, 0) is 35.4 Å². The van der Waals surface area contributed by atoms with Crippen molar-refractivity contribution in [1.82, 2.24) is 15.0 Å². The summed E-state index contributed by atoms with van der Waals surface area (Å²) in [6.45, 7) is 0. The predicted molar refractivity (Wildman–Crippen MR) is 166 cm³/mol. The molecule has 4 aromatic rings. The number of hydrogen-bond acceptors (Lipinski definition) is 9. The Morgan fingerprint density at radius 3 is 1.40 bits per heavy atom. The lowest BCUT2D eigenvalue weighted by atomic mass is 9.96. The van der Waals surface area contributed by atoms with Crippen LogP contribution in [0.1, 0.15) is 20.7 Å². The van der Waals surface area contributed by atoms with Crippen LogP contribution in [0.15, 0.2) is 104 Å². The number of benzene rings is 4. The van der Waals surface area contributed by atoms with E-state index in [0.29, 0.717) is 67.8 Å². The highest BCUT2D eigenvalue weighted by Crippen LogP contribution is 2.40. The van der Waals surface area contributed by atoms with E-state index in [0.717, 1.165) is 23.7 Å². The molecule has 0 amide bonds. The first kappa shape index (κ1) is 26.1. The maximum atomic E-state index is 12.3. The predicted octanol–water partition coefficient (Wildman–Crippen LogP) is 6.59. The number of nitrogens with one attached hydrogen (secondary N) is 2. The smallest absolute Gasteiger partial charge is 0.152 e. The minimum atomic E-state index is 0.402. The number of hydrogen-bond donors (Lipinski definition) is 4. The summed E-state index contributed by atoms with van der Waals surface area (Å²) in [4.78, 5) is 38.0. The number of nitrogens with zero attached hydrogens (tertiary/aromatic N) is 3. The third kappa shape index (κ3) is 4.75. The highest BCUT2D eigenvalue weighted by atomic mass is 16.1. The zero-order valence-electron chi connectivity index (χ0n) is 22.3. The molecule has 6 rings (SSSR count). The lowest BCUT2D eigenvalue weighted by Gasteiger charge is -2.16. The molecule has 0 unspecified atom stereocenters. The Kier molecular flexibility index (Phi) is 6.96. The van der Waals surface area contributed by atoms with Gasteiger partial charge in [0.25, 0.3) is 0 Å². The maximum absolute atomic E-state index is 12.3. The van der Waals surface area contributed by atoms with Crippen molar-refractivity contribution in [2.45, 2.75) is 0 Å². The van der Waals surface area contributed by atoms with Crippen LogP contribution in [0.25, 0.3) is 33.4 Å². The number of rotatable bonds is 8. The number of nitrogens with two attached hydrogens (primary N) is 2. The molecule has 42 heavy (non-hydrogen) atoms. The quantitative estimate of drug-likeness (QED) is 0.121. The molecule has 0 bridgehead atoms. The summed E-state index contributed by atoms with van der Waals surface area (Å²) in [6, 6.07) is 25.9. The fourth-order valence-electron chi connectivity index (χ4n) is 5.03. The van der Waals surface area contributed by atoms with Crippen molar-refractivity contribution in [3.8, 4) is 33.4 Å². The Hall–Kier alpha value is -6.09. The van der Waals surface area contributed by atoms with E-state index in [9.17, 15) is 9.59 Å². The first-order valence-electron chi connectivity index (χ1n) is 13.1. The molecule has 4 aromatic carbocycles. The van der Waals surface area contributed by atoms with Gasteiger partial charge in [-0.2, -0.15) is 0 Å². The topological polar surface area (TPSA) is 149 Å². The van der Waals surface area contributed by atoms with Gasteiger partial charge in [0, 0.05) is 57.1 Å². The monoisotopic (exact) mass is 551 g/mol. The molecule has 0 saturated carbocycles. The standard InChI is InChI=1S/C33H25N7O2/c34-26-11-13-28(24(17-41)30(26)20-7-3-1-4-8-20)39-32-22-15-36-16-23(22)33(38-19-37-32)40-29-14-12-27(35)31(25(29)18-42)21-9-5-2-6-10-21/h1-19H,34-35H2,(H2,37,38,39,40). The minimum Gasteiger partial charge on any atom is -0.398 e. The summed E-state index contributed by atoms with van der Waals surface area (Å²) in [7, 11) is 0. The molecule has 2 heterocycles. The van der Waals surface area contributed by atoms with E-state index in [1.807, 2.05) is 60.7 Å². The van der Waals surface area contributed by atoms with Gasteiger partial charge < -0.3 is 22.1 Å².